The summed E-state index contributed by atoms with van der Waals surface area (Å²) >= 11 is 5.60. The van der Waals surface area contributed by atoms with E-state index in [1.807, 2.05) is 7.05 Å². The first-order valence-electron chi connectivity index (χ1n) is 6.71. The number of alkyl halides is 1. The summed E-state index contributed by atoms with van der Waals surface area (Å²) in [6.45, 7) is 2.18. The van der Waals surface area contributed by atoms with Crippen LogP contribution in [0.15, 0.2) is 29.6 Å². The van der Waals surface area contributed by atoms with Gasteiger partial charge in [-0.25, -0.2) is 0 Å². The van der Waals surface area contributed by atoms with E-state index < -0.39 is 0 Å². The van der Waals surface area contributed by atoms with Crippen LogP contribution in [0.5, 0.6) is 0 Å². The average molecular weight is 350 g/mol. The Morgan fingerprint density at radius 1 is 1.40 bits per heavy atom. The number of hydrogen-bond donors (Lipinski definition) is 0. The predicted octanol–water partition coefficient (Wildman–Crippen LogP) is 4.31. The second-order valence-corrected chi connectivity index (χ2v) is 6.91. The highest BCUT2D eigenvalue weighted by Crippen LogP contribution is 2.39. The van der Waals surface area contributed by atoms with Gasteiger partial charge in [-0.2, -0.15) is 0 Å². The van der Waals surface area contributed by atoms with Crippen molar-refractivity contribution in [1.29, 1.82) is 0 Å². The van der Waals surface area contributed by atoms with Crippen LogP contribution in [0.4, 0.5) is 5.69 Å². The van der Waals surface area contributed by atoms with Gasteiger partial charge in [0.25, 0.3) is 0 Å². The molecule has 0 aliphatic carbocycles. The number of benzene rings is 1. The number of anilines is 1. The molecule has 0 spiro atoms. The van der Waals surface area contributed by atoms with Crippen LogP contribution in [0.1, 0.15) is 33.3 Å². The fourth-order valence-electron chi connectivity index (χ4n) is 2.66. The lowest BCUT2D eigenvalue weighted by Crippen LogP contribution is -2.20. The zero-order chi connectivity index (χ0) is 14.3. The number of rotatable bonds is 3. The van der Waals surface area contributed by atoms with Crippen LogP contribution in [-0.4, -0.2) is 13.0 Å². The van der Waals surface area contributed by atoms with Crippen molar-refractivity contribution in [1.82, 2.24) is 0 Å². The van der Waals surface area contributed by atoms with E-state index in [0.29, 0.717) is 6.42 Å². The molecule has 1 unspecified atom stereocenters. The van der Waals surface area contributed by atoms with Crippen molar-refractivity contribution in [3.05, 3.63) is 51.2 Å². The van der Waals surface area contributed by atoms with Crippen LogP contribution in [0.2, 0.25) is 0 Å². The van der Waals surface area contributed by atoms with Gasteiger partial charge < -0.3 is 4.90 Å². The summed E-state index contributed by atoms with van der Waals surface area (Å²) in [6.07, 6.45) is 1.57. The Morgan fingerprint density at radius 2 is 2.20 bits per heavy atom. The molecule has 104 valence electrons. The number of carbonyl (C=O) groups is 1. The maximum atomic E-state index is 11.8. The maximum absolute atomic E-state index is 11.8. The van der Waals surface area contributed by atoms with E-state index in [2.05, 4.69) is 52.5 Å². The molecule has 3 rings (SSSR count). The van der Waals surface area contributed by atoms with E-state index >= 15 is 0 Å². The lowest BCUT2D eigenvalue weighted by Gasteiger charge is -2.14. The highest BCUT2D eigenvalue weighted by atomic mass is 79.9. The monoisotopic (exact) mass is 349 g/mol. The Bertz CT molecular complexity index is 664. The van der Waals surface area contributed by atoms with Crippen LogP contribution in [-0.2, 0) is 17.6 Å². The minimum absolute atomic E-state index is 0.175. The van der Waals surface area contributed by atoms with Gasteiger partial charge in [0.2, 0.25) is 5.91 Å². The fourth-order valence-corrected chi connectivity index (χ4v) is 4.56. The molecule has 0 saturated carbocycles. The van der Waals surface area contributed by atoms with Crippen molar-refractivity contribution in [3.63, 3.8) is 0 Å². The summed E-state index contributed by atoms with van der Waals surface area (Å²) in [5.41, 5.74) is 4.80. The van der Waals surface area contributed by atoms with Crippen molar-refractivity contribution in [2.45, 2.75) is 24.6 Å². The van der Waals surface area contributed by atoms with Gasteiger partial charge >= 0.3 is 0 Å². The first-order chi connectivity index (χ1) is 9.61. The van der Waals surface area contributed by atoms with E-state index in [0.717, 1.165) is 17.7 Å². The molecule has 2 heterocycles. The molecule has 1 atom stereocenters. The number of nitrogens with zero attached hydrogens (tertiary/aromatic N) is 1. The molecule has 0 saturated heterocycles. The third-order valence-electron chi connectivity index (χ3n) is 3.87. The zero-order valence-electron chi connectivity index (χ0n) is 11.5. The van der Waals surface area contributed by atoms with E-state index in [1.165, 1.54) is 16.0 Å². The molecule has 0 fully saturated rings. The van der Waals surface area contributed by atoms with E-state index in [1.54, 1.807) is 16.2 Å². The lowest BCUT2D eigenvalue weighted by molar-refractivity contribution is -0.117. The molecule has 2 nitrogen and oxygen atoms in total. The molecule has 0 N–H and O–H groups in total. The second-order valence-electron chi connectivity index (χ2n) is 5.04. The van der Waals surface area contributed by atoms with Crippen LogP contribution >= 0.6 is 27.3 Å². The Kier molecular flexibility index (Phi) is 3.69. The summed E-state index contributed by atoms with van der Waals surface area (Å²) in [7, 11) is 1.84. The first-order valence-corrected chi connectivity index (χ1v) is 8.51. The molecule has 0 radical (unpaired) electrons. The second kappa shape index (κ2) is 5.34. The Morgan fingerprint density at radius 3 is 2.95 bits per heavy atom. The van der Waals surface area contributed by atoms with Gasteiger partial charge in [-0.3, -0.25) is 4.79 Å². The summed E-state index contributed by atoms with van der Waals surface area (Å²) in [4.78, 5) is 15.1. The summed E-state index contributed by atoms with van der Waals surface area (Å²) in [5.74, 6) is 0.175. The van der Waals surface area contributed by atoms with Crippen molar-refractivity contribution in [3.8, 4) is 0 Å². The van der Waals surface area contributed by atoms with Gasteiger partial charge in [-0.05, 0) is 40.6 Å². The van der Waals surface area contributed by atoms with E-state index in [9.17, 15) is 4.79 Å². The lowest BCUT2D eigenvalue weighted by atomic mass is 10.0. The maximum Gasteiger partial charge on any atom is 0.231 e. The number of amides is 1. The van der Waals surface area contributed by atoms with Crippen LogP contribution in [0.25, 0.3) is 0 Å². The van der Waals surface area contributed by atoms with Crippen LogP contribution in [0.3, 0.4) is 0 Å². The number of halogens is 1. The smallest absolute Gasteiger partial charge is 0.231 e. The van der Waals surface area contributed by atoms with Gasteiger partial charge in [-0.15, -0.1) is 11.3 Å². The summed E-state index contributed by atoms with van der Waals surface area (Å²) in [5, 5.41) is 2.15. The van der Waals surface area contributed by atoms with Crippen LogP contribution in [0, 0.1) is 0 Å². The van der Waals surface area contributed by atoms with E-state index in [-0.39, 0.29) is 10.7 Å². The molecular formula is C16H16BrNOS. The van der Waals surface area contributed by atoms with Crippen molar-refractivity contribution in [2.75, 3.05) is 11.9 Å². The number of aryl methyl sites for hydroxylation is 1. The molecule has 1 aromatic heterocycles. The van der Waals surface area contributed by atoms with Crippen molar-refractivity contribution >= 4 is 38.9 Å². The molecule has 1 aliphatic heterocycles. The fraction of sp³-hybridized carbons (Fsp3) is 0.312. The van der Waals surface area contributed by atoms with Gasteiger partial charge in [-0.1, -0.05) is 35.0 Å². The predicted molar refractivity (Wildman–Crippen MR) is 88.0 cm³/mol. The third kappa shape index (κ3) is 2.21. The molecule has 4 heteroatoms. The van der Waals surface area contributed by atoms with Gasteiger partial charge in [0.05, 0.1) is 11.2 Å². The van der Waals surface area contributed by atoms with Gasteiger partial charge in [0.15, 0.2) is 0 Å². The summed E-state index contributed by atoms with van der Waals surface area (Å²) in [6, 6.07) is 8.53. The van der Waals surface area contributed by atoms with Crippen molar-refractivity contribution in [2.24, 2.45) is 0 Å². The standard InChI is InChI=1S/C16H16BrNOS/c1-3-10-6-7-20-16(10)15(17)11-4-5-13-12(8-11)9-14(19)18(13)2/h4-8,15H,3,9H2,1-2H3. The Balaban J connectivity index is 1.96. The highest BCUT2D eigenvalue weighted by Gasteiger charge is 2.25. The third-order valence-corrected chi connectivity index (χ3v) is 6.18. The molecule has 1 aromatic carbocycles. The number of fused-ring (bicyclic) bond motifs is 1. The Labute approximate surface area is 131 Å². The topological polar surface area (TPSA) is 20.3 Å². The quantitative estimate of drug-likeness (QED) is 0.756. The molecule has 1 aliphatic rings. The summed E-state index contributed by atoms with van der Waals surface area (Å²) < 4.78 is 0. The van der Waals surface area contributed by atoms with Gasteiger partial charge in [0.1, 0.15) is 0 Å². The highest BCUT2D eigenvalue weighted by molar-refractivity contribution is 9.09. The van der Waals surface area contributed by atoms with E-state index in [4.69, 9.17) is 0 Å². The first kappa shape index (κ1) is 13.8. The zero-order valence-corrected chi connectivity index (χ0v) is 13.9. The SMILES string of the molecule is CCc1ccsc1C(Br)c1ccc2c(c1)CC(=O)N2C. The minimum Gasteiger partial charge on any atom is -0.315 e. The molecule has 0 bridgehead atoms. The largest absolute Gasteiger partial charge is 0.315 e. The average Bonchev–Trinajstić information content (AvgIpc) is 3.03. The number of thiophene rings is 1. The minimum atomic E-state index is 0.175. The number of carbonyl (C=O) groups excluding carboxylic acids is 1. The Hall–Kier alpha value is -1.13. The molecule has 1 amide bonds. The number of likely N-dealkylation sites (N-methyl/N-ethyl adjacent to an activating group) is 1. The number of hydrogen-bond acceptors (Lipinski definition) is 2. The normalized spacial score (nSPS) is 15.6. The molecular weight excluding hydrogens is 334 g/mol. The van der Waals surface area contributed by atoms with Gasteiger partial charge in [0, 0.05) is 17.6 Å². The van der Waals surface area contributed by atoms with Crippen molar-refractivity contribution < 1.29 is 4.79 Å². The molecule has 20 heavy (non-hydrogen) atoms. The molecule has 2 aromatic rings. The van der Waals surface area contributed by atoms with Crippen LogP contribution < -0.4 is 4.90 Å².